The normalized spacial score (nSPS) is 15.1. The average Bonchev–Trinajstić information content (AvgIpc) is 3.09. The highest BCUT2D eigenvalue weighted by molar-refractivity contribution is 7.16. The van der Waals surface area contributed by atoms with Crippen molar-refractivity contribution >= 4 is 28.3 Å². The maximum Gasteiger partial charge on any atom is 0.410 e. The van der Waals surface area contributed by atoms with Gasteiger partial charge in [-0.05, 0) is 67.9 Å². The highest BCUT2D eigenvalue weighted by Gasteiger charge is 2.28. The van der Waals surface area contributed by atoms with Crippen LogP contribution < -0.4 is 5.32 Å². The first-order chi connectivity index (χ1) is 14.1. The first-order valence-electron chi connectivity index (χ1n) is 10.00. The van der Waals surface area contributed by atoms with E-state index in [9.17, 15) is 14.9 Å². The summed E-state index contributed by atoms with van der Waals surface area (Å²) in [5.41, 5.74) is 4.64. The molecule has 2 aromatic rings. The van der Waals surface area contributed by atoms with Gasteiger partial charge in [-0.3, -0.25) is 4.79 Å². The lowest BCUT2D eigenvalue weighted by Crippen LogP contribution is -2.35. The van der Waals surface area contributed by atoms with Crippen molar-refractivity contribution in [2.75, 3.05) is 18.5 Å². The largest absolute Gasteiger partial charge is 0.450 e. The van der Waals surface area contributed by atoms with Crippen molar-refractivity contribution in [3.8, 4) is 6.07 Å². The monoisotopic (exact) mass is 409 g/mol. The summed E-state index contributed by atoms with van der Waals surface area (Å²) >= 11 is 1.37. The molecule has 1 N–H and O–H groups in total. The van der Waals surface area contributed by atoms with Gasteiger partial charge in [-0.1, -0.05) is 6.07 Å². The van der Waals surface area contributed by atoms with Crippen LogP contribution in [0.25, 0.3) is 0 Å². The molecule has 6 nitrogen and oxygen atoms in total. The number of carbonyl (C=O) groups excluding carboxylic acids is 2. The van der Waals surface area contributed by atoms with Gasteiger partial charge in [-0.15, -0.1) is 11.3 Å². The number of hydrogen-bond acceptors (Lipinski definition) is 5. The fraction of sp³-hybridized carbons (Fsp3) is 0.409. The Kier molecular flexibility index (Phi) is 5.54. The fourth-order valence-corrected chi connectivity index (χ4v) is 5.24. The summed E-state index contributed by atoms with van der Waals surface area (Å²) in [5, 5.41) is 13.2. The summed E-state index contributed by atoms with van der Waals surface area (Å²) < 4.78 is 5.08. The number of hydrogen-bond donors (Lipinski definition) is 1. The van der Waals surface area contributed by atoms with Gasteiger partial charge in [0.05, 0.1) is 18.7 Å². The van der Waals surface area contributed by atoms with E-state index in [0.717, 1.165) is 29.7 Å². The van der Waals surface area contributed by atoms with E-state index in [-0.39, 0.29) is 12.0 Å². The molecule has 2 amide bonds. The molecule has 0 saturated carbocycles. The highest BCUT2D eigenvalue weighted by Crippen LogP contribution is 2.37. The van der Waals surface area contributed by atoms with Crippen molar-refractivity contribution in [3.05, 3.63) is 50.9 Å². The molecule has 0 radical (unpaired) electrons. The summed E-state index contributed by atoms with van der Waals surface area (Å²) in [6, 6.07) is 8.13. The Morgan fingerprint density at radius 1 is 1.24 bits per heavy atom. The summed E-state index contributed by atoms with van der Waals surface area (Å²) in [7, 11) is 0. The molecular weight excluding hydrogens is 386 g/mol. The Labute approximate surface area is 174 Å². The molecule has 7 heteroatoms. The zero-order valence-electron chi connectivity index (χ0n) is 16.4. The summed E-state index contributed by atoms with van der Waals surface area (Å²) in [4.78, 5) is 27.4. The molecule has 1 aliphatic heterocycles. The molecule has 0 fully saturated rings. The number of nitrogens with one attached hydrogen (secondary N) is 1. The molecule has 1 aromatic carbocycles. The van der Waals surface area contributed by atoms with Crippen LogP contribution in [0, 0.1) is 11.3 Å². The number of amides is 2. The number of nitriles is 1. The van der Waals surface area contributed by atoms with Crippen molar-refractivity contribution < 1.29 is 14.3 Å². The van der Waals surface area contributed by atoms with E-state index in [1.54, 1.807) is 11.8 Å². The van der Waals surface area contributed by atoms with Gasteiger partial charge in [-0.25, -0.2) is 4.79 Å². The molecule has 29 heavy (non-hydrogen) atoms. The topological polar surface area (TPSA) is 82.4 Å². The van der Waals surface area contributed by atoms with Crippen LogP contribution in [0.2, 0.25) is 0 Å². The second kappa shape index (κ2) is 8.26. The number of benzene rings is 1. The zero-order valence-corrected chi connectivity index (χ0v) is 17.2. The second-order valence-electron chi connectivity index (χ2n) is 7.33. The molecular formula is C22H23N3O3S. The fourth-order valence-electron chi connectivity index (χ4n) is 4.03. The SMILES string of the molecule is CCOC(=O)N1CCc2c(sc(NC(=O)c3ccc4c(c3)CCCC4)c2C#N)C1. The van der Waals surface area contributed by atoms with Gasteiger partial charge >= 0.3 is 6.09 Å². The lowest BCUT2D eigenvalue weighted by molar-refractivity contribution is 0.102. The first-order valence-corrected chi connectivity index (χ1v) is 10.8. The predicted molar refractivity (Wildman–Crippen MR) is 111 cm³/mol. The number of aryl methyl sites for hydroxylation is 2. The van der Waals surface area contributed by atoms with Crippen molar-refractivity contribution in [2.45, 2.75) is 45.6 Å². The summed E-state index contributed by atoms with van der Waals surface area (Å²) in [5.74, 6) is -0.198. The minimum Gasteiger partial charge on any atom is -0.450 e. The Morgan fingerprint density at radius 3 is 2.79 bits per heavy atom. The maximum absolute atomic E-state index is 12.8. The van der Waals surface area contributed by atoms with Crippen LogP contribution in [-0.4, -0.2) is 30.1 Å². The van der Waals surface area contributed by atoms with Gasteiger partial charge in [0.25, 0.3) is 5.91 Å². The Hall–Kier alpha value is -2.85. The number of fused-ring (bicyclic) bond motifs is 2. The van der Waals surface area contributed by atoms with Crippen LogP contribution in [0.4, 0.5) is 9.80 Å². The lowest BCUT2D eigenvalue weighted by Gasteiger charge is -2.25. The van der Waals surface area contributed by atoms with E-state index in [4.69, 9.17) is 4.74 Å². The molecule has 150 valence electrons. The van der Waals surface area contributed by atoms with Crippen LogP contribution in [0.3, 0.4) is 0 Å². The van der Waals surface area contributed by atoms with E-state index in [1.807, 2.05) is 18.2 Å². The van der Waals surface area contributed by atoms with E-state index >= 15 is 0 Å². The highest BCUT2D eigenvalue weighted by atomic mass is 32.1. The second-order valence-corrected chi connectivity index (χ2v) is 8.44. The summed E-state index contributed by atoms with van der Waals surface area (Å²) in [6.45, 7) is 3.02. The average molecular weight is 410 g/mol. The van der Waals surface area contributed by atoms with Gasteiger partial charge in [0.15, 0.2) is 0 Å². The van der Waals surface area contributed by atoms with E-state index in [2.05, 4.69) is 11.4 Å². The third kappa shape index (κ3) is 3.85. The standard InChI is InChI=1S/C22H23N3O3S/c1-2-28-22(27)25-10-9-17-18(12-23)21(29-19(17)13-25)24-20(26)16-8-7-14-5-3-4-6-15(14)11-16/h7-8,11H,2-6,9-10,13H2,1H3,(H,24,26). The van der Waals surface area contributed by atoms with Gasteiger partial charge in [0, 0.05) is 17.0 Å². The molecule has 0 saturated heterocycles. The van der Waals surface area contributed by atoms with E-state index in [1.165, 1.54) is 28.9 Å². The maximum atomic E-state index is 12.8. The molecule has 2 aliphatic rings. The van der Waals surface area contributed by atoms with Gasteiger partial charge < -0.3 is 15.0 Å². The molecule has 4 rings (SSSR count). The number of rotatable bonds is 3. The smallest absolute Gasteiger partial charge is 0.410 e. The van der Waals surface area contributed by atoms with E-state index < -0.39 is 0 Å². The number of nitrogens with zero attached hydrogens (tertiary/aromatic N) is 2. The van der Waals surface area contributed by atoms with Crippen molar-refractivity contribution in [3.63, 3.8) is 0 Å². The van der Waals surface area contributed by atoms with Crippen LogP contribution in [0.5, 0.6) is 0 Å². The van der Waals surface area contributed by atoms with Crippen molar-refractivity contribution in [1.29, 1.82) is 5.26 Å². The Morgan fingerprint density at radius 2 is 2.03 bits per heavy atom. The number of thiophene rings is 1. The lowest BCUT2D eigenvalue weighted by atomic mass is 9.90. The third-order valence-electron chi connectivity index (χ3n) is 5.53. The minimum atomic E-state index is -0.343. The number of carbonyl (C=O) groups is 2. The van der Waals surface area contributed by atoms with Gasteiger partial charge in [0.2, 0.25) is 0 Å². The summed E-state index contributed by atoms with van der Waals surface area (Å²) in [6.07, 6.45) is 4.69. The van der Waals surface area contributed by atoms with E-state index in [0.29, 0.717) is 42.2 Å². The number of ether oxygens (including phenoxy) is 1. The molecule has 0 bridgehead atoms. The van der Waals surface area contributed by atoms with Crippen LogP contribution in [0.15, 0.2) is 18.2 Å². The minimum absolute atomic E-state index is 0.198. The van der Waals surface area contributed by atoms with Crippen molar-refractivity contribution in [1.82, 2.24) is 4.90 Å². The van der Waals surface area contributed by atoms with Gasteiger partial charge in [-0.2, -0.15) is 5.26 Å². The quantitative estimate of drug-likeness (QED) is 0.821. The van der Waals surface area contributed by atoms with Crippen LogP contribution in [0.1, 0.15) is 57.3 Å². The predicted octanol–water partition coefficient (Wildman–Crippen LogP) is 4.27. The first kappa shape index (κ1) is 19.5. The van der Waals surface area contributed by atoms with Crippen molar-refractivity contribution in [2.24, 2.45) is 0 Å². The molecule has 0 spiro atoms. The molecule has 0 unspecified atom stereocenters. The molecule has 1 aromatic heterocycles. The Balaban J connectivity index is 1.55. The zero-order chi connectivity index (χ0) is 20.4. The molecule has 2 heterocycles. The molecule has 1 aliphatic carbocycles. The number of anilines is 1. The van der Waals surface area contributed by atoms with Gasteiger partial charge in [0.1, 0.15) is 11.1 Å². The Bertz CT molecular complexity index is 1010. The molecule has 0 atom stereocenters. The van der Waals surface area contributed by atoms with Crippen LogP contribution in [-0.2, 0) is 30.5 Å². The van der Waals surface area contributed by atoms with Crippen LogP contribution >= 0.6 is 11.3 Å². The third-order valence-corrected chi connectivity index (χ3v) is 6.66.